The molecule has 0 saturated carbocycles. The van der Waals surface area contributed by atoms with Crippen LogP contribution in [0.4, 0.5) is 0 Å². The van der Waals surface area contributed by atoms with Crippen molar-refractivity contribution in [1.82, 2.24) is 15.1 Å². The van der Waals surface area contributed by atoms with Gasteiger partial charge in [0, 0.05) is 16.9 Å². The molecule has 2 rings (SSSR count). The largest absolute Gasteiger partial charge is 0.383 e. The molecule has 20 heavy (non-hydrogen) atoms. The summed E-state index contributed by atoms with van der Waals surface area (Å²) < 4.78 is 8.18. The van der Waals surface area contributed by atoms with E-state index in [1.54, 1.807) is 7.11 Å². The molecule has 4 nitrogen and oxygen atoms in total. The Morgan fingerprint density at radius 1 is 1.50 bits per heavy atom. The Hall–Kier alpha value is -0.690. The van der Waals surface area contributed by atoms with Crippen LogP contribution in [0.3, 0.4) is 0 Å². The van der Waals surface area contributed by atoms with Crippen LogP contribution in [0.2, 0.25) is 0 Å². The summed E-state index contributed by atoms with van der Waals surface area (Å²) in [6, 6.07) is 2.39. The van der Waals surface area contributed by atoms with Gasteiger partial charge in [-0.25, -0.2) is 0 Å². The van der Waals surface area contributed by atoms with Gasteiger partial charge in [0.1, 0.15) is 0 Å². The summed E-state index contributed by atoms with van der Waals surface area (Å²) in [4.78, 5) is 2.67. The summed E-state index contributed by atoms with van der Waals surface area (Å²) in [7, 11) is 3.69. The van der Waals surface area contributed by atoms with Crippen molar-refractivity contribution in [3.05, 3.63) is 37.7 Å². The fraction of sp³-hybridized carbons (Fsp3) is 0.500. The van der Waals surface area contributed by atoms with Crippen LogP contribution in [-0.4, -0.2) is 30.5 Å². The number of hydrogen-bond donors (Lipinski definition) is 1. The smallest absolute Gasteiger partial charge is 0.0851 e. The standard InChI is InChI=1S/C14H20BrN3OS/c1-9-7-12(20-10(9)2)13(16-3)14-11(15)8-17-18(14)5-6-19-4/h7-8,13,16H,5-6H2,1-4H3. The molecule has 0 spiro atoms. The highest BCUT2D eigenvalue weighted by Crippen LogP contribution is 2.33. The van der Waals surface area contributed by atoms with Crippen LogP contribution in [0.15, 0.2) is 16.7 Å². The van der Waals surface area contributed by atoms with Crippen molar-refractivity contribution in [3.8, 4) is 0 Å². The van der Waals surface area contributed by atoms with Gasteiger partial charge in [0.15, 0.2) is 0 Å². The molecule has 2 aromatic heterocycles. The summed E-state index contributed by atoms with van der Waals surface area (Å²) in [5, 5.41) is 7.83. The van der Waals surface area contributed by atoms with E-state index in [9.17, 15) is 0 Å². The summed E-state index contributed by atoms with van der Waals surface area (Å²) in [6.07, 6.45) is 1.85. The lowest BCUT2D eigenvalue weighted by molar-refractivity contribution is 0.182. The van der Waals surface area contributed by atoms with Crippen LogP contribution in [0.25, 0.3) is 0 Å². The first-order valence-corrected chi connectivity index (χ1v) is 8.13. The molecule has 6 heteroatoms. The van der Waals surface area contributed by atoms with Crippen molar-refractivity contribution in [1.29, 1.82) is 0 Å². The highest BCUT2D eigenvalue weighted by Gasteiger charge is 2.22. The van der Waals surface area contributed by atoms with Crippen LogP contribution in [0.5, 0.6) is 0 Å². The molecule has 1 N–H and O–H groups in total. The average molecular weight is 358 g/mol. The first-order valence-electron chi connectivity index (χ1n) is 6.52. The van der Waals surface area contributed by atoms with E-state index >= 15 is 0 Å². The number of halogens is 1. The van der Waals surface area contributed by atoms with Gasteiger partial charge in [0.2, 0.25) is 0 Å². The van der Waals surface area contributed by atoms with Crippen molar-refractivity contribution in [2.75, 3.05) is 20.8 Å². The fourth-order valence-electron chi connectivity index (χ4n) is 2.17. The zero-order chi connectivity index (χ0) is 14.7. The summed E-state index contributed by atoms with van der Waals surface area (Å²) in [6.45, 7) is 5.71. The van der Waals surface area contributed by atoms with E-state index in [0.717, 1.165) is 16.7 Å². The summed E-state index contributed by atoms with van der Waals surface area (Å²) in [5.41, 5.74) is 2.48. The third-order valence-electron chi connectivity index (χ3n) is 3.37. The number of ether oxygens (including phenoxy) is 1. The molecule has 2 heterocycles. The Morgan fingerprint density at radius 2 is 2.25 bits per heavy atom. The third-order valence-corrected chi connectivity index (χ3v) is 5.20. The van der Waals surface area contributed by atoms with E-state index in [4.69, 9.17) is 4.74 Å². The molecule has 0 aliphatic heterocycles. The molecule has 1 unspecified atom stereocenters. The minimum Gasteiger partial charge on any atom is -0.383 e. The zero-order valence-corrected chi connectivity index (χ0v) is 14.6. The molecule has 0 aliphatic rings. The second kappa shape index (κ2) is 6.85. The maximum absolute atomic E-state index is 5.16. The van der Waals surface area contributed by atoms with Gasteiger partial charge in [-0.1, -0.05) is 0 Å². The van der Waals surface area contributed by atoms with Crippen LogP contribution < -0.4 is 5.32 Å². The SMILES string of the molecule is CNC(c1cc(C)c(C)s1)c1c(Br)cnn1CCOC. The molecule has 0 fully saturated rings. The number of rotatable bonds is 6. The lowest BCUT2D eigenvalue weighted by Crippen LogP contribution is -2.22. The Kier molecular flexibility index (Phi) is 5.37. The van der Waals surface area contributed by atoms with E-state index in [-0.39, 0.29) is 6.04 Å². The summed E-state index contributed by atoms with van der Waals surface area (Å²) in [5.74, 6) is 0. The topological polar surface area (TPSA) is 39.1 Å². The molecule has 1 atom stereocenters. The molecule has 0 aromatic carbocycles. The number of aromatic nitrogens is 2. The highest BCUT2D eigenvalue weighted by molar-refractivity contribution is 9.10. The van der Waals surface area contributed by atoms with Gasteiger partial charge in [0.25, 0.3) is 0 Å². The number of thiophene rings is 1. The summed E-state index contributed by atoms with van der Waals surface area (Å²) >= 11 is 5.44. The van der Waals surface area contributed by atoms with Crippen molar-refractivity contribution in [2.45, 2.75) is 26.4 Å². The Bertz CT molecular complexity index is 559. The minimum absolute atomic E-state index is 0.140. The highest BCUT2D eigenvalue weighted by atomic mass is 79.9. The van der Waals surface area contributed by atoms with E-state index in [1.165, 1.54) is 15.3 Å². The molecule has 0 aliphatic carbocycles. The van der Waals surface area contributed by atoms with Crippen LogP contribution in [0.1, 0.15) is 27.1 Å². The monoisotopic (exact) mass is 357 g/mol. The van der Waals surface area contributed by atoms with E-state index in [1.807, 2.05) is 29.3 Å². The van der Waals surface area contributed by atoms with E-state index in [0.29, 0.717) is 6.61 Å². The van der Waals surface area contributed by atoms with E-state index < -0.39 is 0 Å². The fourth-order valence-corrected chi connectivity index (χ4v) is 3.85. The lowest BCUT2D eigenvalue weighted by Gasteiger charge is -2.17. The van der Waals surface area contributed by atoms with Gasteiger partial charge in [-0.05, 0) is 48.5 Å². The number of nitrogens with one attached hydrogen (secondary N) is 1. The van der Waals surface area contributed by atoms with Gasteiger partial charge in [0.05, 0.1) is 35.6 Å². The van der Waals surface area contributed by atoms with Gasteiger partial charge in [-0.2, -0.15) is 5.10 Å². The molecule has 0 bridgehead atoms. The van der Waals surface area contributed by atoms with Gasteiger partial charge >= 0.3 is 0 Å². The third kappa shape index (κ3) is 3.14. The Balaban J connectivity index is 2.38. The first-order chi connectivity index (χ1) is 9.58. The Labute approximate surface area is 132 Å². The number of nitrogens with zero attached hydrogens (tertiary/aromatic N) is 2. The molecule has 110 valence electrons. The van der Waals surface area contributed by atoms with Gasteiger partial charge in [-0.3, -0.25) is 4.68 Å². The predicted molar refractivity (Wildman–Crippen MR) is 86.5 cm³/mol. The quantitative estimate of drug-likeness (QED) is 0.861. The maximum atomic E-state index is 5.16. The van der Waals surface area contributed by atoms with Crippen LogP contribution >= 0.6 is 27.3 Å². The number of methoxy groups -OCH3 is 1. The molecule has 0 radical (unpaired) electrons. The number of aryl methyl sites for hydroxylation is 2. The molecule has 0 saturated heterocycles. The molecular formula is C14H20BrN3OS. The van der Waals surface area contributed by atoms with Crippen LogP contribution in [-0.2, 0) is 11.3 Å². The normalized spacial score (nSPS) is 12.8. The van der Waals surface area contributed by atoms with Crippen molar-refractivity contribution >= 4 is 27.3 Å². The lowest BCUT2D eigenvalue weighted by atomic mass is 10.1. The predicted octanol–water partition coefficient (Wildman–Crippen LogP) is 3.28. The van der Waals surface area contributed by atoms with Crippen molar-refractivity contribution in [2.24, 2.45) is 0 Å². The zero-order valence-electron chi connectivity index (χ0n) is 12.2. The minimum atomic E-state index is 0.140. The molecule has 2 aromatic rings. The second-order valence-corrected chi connectivity index (χ2v) is 6.85. The average Bonchev–Trinajstić information content (AvgIpc) is 2.94. The molecule has 0 amide bonds. The van der Waals surface area contributed by atoms with Crippen LogP contribution in [0, 0.1) is 13.8 Å². The van der Waals surface area contributed by atoms with Crippen molar-refractivity contribution < 1.29 is 4.74 Å². The number of hydrogen-bond acceptors (Lipinski definition) is 4. The van der Waals surface area contributed by atoms with Gasteiger partial charge in [-0.15, -0.1) is 11.3 Å². The molecular weight excluding hydrogens is 338 g/mol. The van der Waals surface area contributed by atoms with Gasteiger partial charge < -0.3 is 10.1 Å². The second-order valence-electron chi connectivity index (χ2n) is 4.70. The van der Waals surface area contributed by atoms with E-state index in [2.05, 4.69) is 46.3 Å². The maximum Gasteiger partial charge on any atom is 0.0851 e. The Morgan fingerprint density at radius 3 is 2.80 bits per heavy atom. The van der Waals surface area contributed by atoms with Crippen molar-refractivity contribution in [3.63, 3.8) is 0 Å². The first kappa shape index (κ1) is 15.7.